The van der Waals surface area contributed by atoms with Gasteiger partial charge in [-0.15, -0.1) is 0 Å². The molecule has 3 aromatic rings. The lowest BCUT2D eigenvalue weighted by atomic mass is 10.1. The molecule has 0 saturated carbocycles. The molecule has 0 bridgehead atoms. The number of anilines is 1. The van der Waals surface area contributed by atoms with Crippen molar-refractivity contribution < 1.29 is 24.0 Å². The molecule has 0 aromatic heterocycles. The molecule has 0 fully saturated rings. The highest BCUT2D eigenvalue weighted by Gasteiger charge is 2.11. The summed E-state index contributed by atoms with van der Waals surface area (Å²) in [5.74, 6) is 0.593. The van der Waals surface area contributed by atoms with Crippen LogP contribution in [0.1, 0.15) is 22.3 Å². The van der Waals surface area contributed by atoms with Crippen molar-refractivity contribution in [3.8, 4) is 11.5 Å². The Bertz CT molecular complexity index is 1090. The number of para-hydroxylation sites is 3. The van der Waals surface area contributed by atoms with Gasteiger partial charge in [-0.3, -0.25) is 14.9 Å². The smallest absolute Gasteiger partial charge is 0.412 e. The molecule has 33 heavy (non-hydrogen) atoms. The Morgan fingerprint density at radius 2 is 1.61 bits per heavy atom. The van der Waals surface area contributed by atoms with Gasteiger partial charge in [-0.05, 0) is 42.8 Å². The van der Waals surface area contributed by atoms with Gasteiger partial charge in [-0.2, -0.15) is 0 Å². The Balaban J connectivity index is 1.45. The summed E-state index contributed by atoms with van der Waals surface area (Å²) in [4.78, 5) is 34.5. The van der Waals surface area contributed by atoms with E-state index in [4.69, 9.17) is 9.47 Å². The van der Waals surface area contributed by atoms with Gasteiger partial charge >= 0.3 is 6.09 Å². The third kappa shape index (κ3) is 7.66. The first-order valence-corrected chi connectivity index (χ1v) is 10.3. The first-order valence-electron chi connectivity index (χ1n) is 10.3. The van der Waals surface area contributed by atoms with Crippen molar-refractivity contribution >= 4 is 17.7 Å². The normalized spacial score (nSPS) is 10.2. The van der Waals surface area contributed by atoms with Crippen LogP contribution in [0.25, 0.3) is 0 Å². The van der Waals surface area contributed by atoms with Crippen molar-refractivity contribution in [1.29, 1.82) is 0 Å². The predicted octanol–water partition coefficient (Wildman–Crippen LogP) is 4.27. The average Bonchev–Trinajstić information content (AvgIpc) is 2.80. The molecule has 2 amide bonds. The Morgan fingerprint density at radius 1 is 0.909 bits per heavy atom. The monoisotopic (exact) mass is 449 g/mol. The van der Waals surface area contributed by atoms with E-state index in [2.05, 4.69) is 10.6 Å². The molecular weight excluding hydrogens is 426 g/mol. The van der Waals surface area contributed by atoms with Gasteiger partial charge in [0.25, 0.3) is 5.91 Å². The van der Waals surface area contributed by atoms with Crippen LogP contribution in [0.5, 0.6) is 11.5 Å². The third-order valence-corrected chi connectivity index (χ3v) is 4.46. The zero-order valence-electron chi connectivity index (χ0n) is 17.7. The largest absolute Gasteiger partial charge is 0.491 e. The molecule has 0 aliphatic rings. The number of amides is 2. The summed E-state index contributed by atoms with van der Waals surface area (Å²) in [6.07, 6.45) is -0.0116. The predicted molar refractivity (Wildman–Crippen MR) is 122 cm³/mol. The topological polar surface area (TPSA) is 120 Å². The van der Waals surface area contributed by atoms with Crippen LogP contribution < -0.4 is 20.1 Å². The van der Waals surface area contributed by atoms with Crippen LogP contribution in [0.15, 0.2) is 78.9 Å². The molecule has 2 N–H and O–H groups in total. The molecular formula is C24H23N3O6. The first-order chi connectivity index (χ1) is 16.0. The minimum atomic E-state index is -0.543. The summed E-state index contributed by atoms with van der Waals surface area (Å²) in [5.41, 5.74) is 1.38. The average molecular weight is 449 g/mol. The van der Waals surface area contributed by atoms with E-state index in [1.165, 1.54) is 12.1 Å². The number of nitrogens with zero attached hydrogens (tertiary/aromatic N) is 1. The van der Waals surface area contributed by atoms with E-state index in [1.807, 2.05) is 6.07 Å². The minimum absolute atomic E-state index is 0.294. The Hall–Kier alpha value is -4.40. The first kappa shape index (κ1) is 23.3. The lowest BCUT2D eigenvalue weighted by molar-refractivity contribution is -0.496. The lowest BCUT2D eigenvalue weighted by Gasteiger charge is -2.13. The maximum absolute atomic E-state index is 12.5. The fourth-order valence-corrected chi connectivity index (χ4v) is 2.88. The Labute approximate surface area is 190 Å². The molecule has 9 heteroatoms. The fraction of sp³-hybridized carbons (Fsp3) is 0.167. The SMILES string of the molecule is O=C(NCCCOc1ccccc1NC(=O)c1ccc(C[N+](=O)[O-])cc1)Oc1ccccc1. The van der Waals surface area contributed by atoms with Gasteiger partial charge in [-0.25, -0.2) is 4.79 Å². The molecule has 0 atom stereocenters. The minimum Gasteiger partial charge on any atom is -0.491 e. The van der Waals surface area contributed by atoms with Crippen LogP contribution in [-0.4, -0.2) is 30.1 Å². The number of hydrogen-bond donors (Lipinski definition) is 2. The number of hydrogen-bond acceptors (Lipinski definition) is 6. The van der Waals surface area contributed by atoms with Gasteiger partial charge in [0.2, 0.25) is 6.54 Å². The number of carbonyl (C=O) groups excluding carboxylic acids is 2. The molecule has 0 spiro atoms. The lowest BCUT2D eigenvalue weighted by Crippen LogP contribution is -2.28. The molecule has 170 valence electrons. The second-order valence-corrected chi connectivity index (χ2v) is 6.97. The fourth-order valence-electron chi connectivity index (χ4n) is 2.88. The van der Waals surface area contributed by atoms with Crippen LogP contribution in [0.4, 0.5) is 10.5 Å². The maximum atomic E-state index is 12.5. The van der Waals surface area contributed by atoms with Gasteiger partial charge in [0, 0.05) is 22.6 Å². The molecule has 0 radical (unpaired) electrons. The second kappa shape index (κ2) is 11.8. The van der Waals surface area contributed by atoms with Crippen molar-refractivity contribution in [2.24, 2.45) is 0 Å². The van der Waals surface area contributed by atoms with E-state index < -0.39 is 11.0 Å². The van der Waals surface area contributed by atoms with Gasteiger partial charge in [-0.1, -0.05) is 42.5 Å². The summed E-state index contributed by atoms with van der Waals surface area (Å²) in [7, 11) is 0. The number of carbonyl (C=O) groups is 2. The zero-order chi connectivity index (χ0) is 23.5. The van der Waals surface area contributed by atoms with E-state index in [0.29, 0.717) is 47.9 Å². The molecule has 3 aromatic carbocycles. The standard InChI is InChI=1S/C24H23N3O6/c28-23(19-13-11-18(12-14-19)17-27(30)31)26-21-9-4-5-10-22(21)32-16-6-15-25-24(29)33-20-7-2-1-3-8-20/h1-5,7-14H,6,15-17H2,(H,25,29)(H,26,28). The van der Waals surface area contributed by atoms with E-state index in [0.717, 1.165) is 0 Å². The second-order valence-electron chi connectivity index (χ2n) is 6.97. The van der Waals surface area contributed by atoms with Gasteiger partial charge < -0.3 is 20.1 Å². The number of ether oxygens (including phenoxy) is 2. The molecule has 0 saturated heterocycles. The van der Waals surface area contributed by atoms with Crippen molar-refractivity contribution in [1.82, 2.24) is 5.32 Å². The summed E-state index contributed by atoms with van der Waals surface area (Å²) < 4.78 is 10.9. The van der Waals surface area contributed by atoms with Crippen molar-refractivity contribution in [2.75, 3.05) is 18.5 Å². The van der Waals surface area contributed by atoms with E-state index in [-0.39, 0.29) is 12.5 Å². The van der Waals surface area contributed by atoms with Gasteiger partial charge in [0.15, 0.2) is 0 Å². The van der Waals surface area contributed by atoms with Gasteiger partial charge in [0.1, 0.15) is 11.5 Å². The summed E-state index contributed by atoms with van der Waals surface area (Å²) in [5, 5.41) is 16.0. The summed E-state index contributed by atoms with van der Waals surface area (Å²) in [6, 6.07) is 21.9. The van der Waals surface area contributed by atoms with Crippen LogP contribution in [0.2, 0.25) is 0 Å². The number of nitro groups is 1. The Morgan fingerprint density at radius 3 is 2.33 bits per heavy atom. The van der Waals surface area contributed by atoms with E-state index >= 15 is 0 Å². The van der Waals surface area contributed by atoms with Crippen molar-refractivity contribution in [3.63, 3.8) is 0 Å². The van der Waals surface area contributed by atoms with Crippen LogP contribution >= 0.6 is 0 Å². The third-order valence-electron chi connectivity index (χ3n) is 4.46. The highest BCUT2D eigenvalue weighted by molar-refractivity contribution is 6.05. The van der Waals surface area contributed by atoms with Crippen LogP contribution in [0, 0.1) is 10.1 Å². The van der Waals surface area contributed by atoms with Crippen molar-refractivity contribution in [2.45, 2.75) is 13.0 Å². The van der Waals surface area contributed by atoms with Gasteiger partial charge in [0.05, 0.1) is 12.3 Å². The molecule has 0 unspecified atom stereocenters. The molecule has 0 aliphatic heterocycles. The molecule has 0 aliphatic carbocycles. The highest BCUT2D eigenvalue weighted by atomic mass is 16.6. The number of nitrogens with one attached hydrogen (secondary N) is 2. The van der Waals surface area contributed by atoms with Crippen molar-refractivity contribution in [3.05, 3.63) is 100 Å². The van der Waals surface area contributed by atoms with Crippen LogP contribution in [0.3, 0.4) is 0 Å². The van der Waals surface area contributed by atoms with E-state index in [1.54, 1.807) is 60.7 Å². The Kier molecular flexibility index (Phi) is 8.35. The number of benzene rings is 3. The zero-order valence-corrected chi connectivity index (χ0v) is 17.7. The molecule has 9 nitrogen and oxygen atoms in total. The molecule has 3 rings (SSSR count). The van der Waals surface area contributed by atoms with Crippen LogP contribution in [-0.2, 0) is 6.54 Å². The quantitative estimate of drug-likeness (QED) is 0.271. The maximum Gasteiger partial charge on any atom is 0.412 e. The number of rotatable bonds is 10. The highest BCUT2D eigenvalue weighted by Crippen LogP contribution is 2.24. The molecule has 0 heterocycles. The summed E-state index contributed by atoms with van der Waals surface area (Å²) >= 11 is 0. The van der Waals surface area contributed by atoms with E-state index in [9.17, 15) is 19.7 Å². The summed E-state index contributed by atoms with van der Waals surface area (Å²) in [6.45, 7) is 0.377.